The zero-order chi connectivity index (χ0) is 24.5. The van der Waals surface area contributed by atoms with E-state index in [4.69, 9.17) is 27.9 Å². The first kappa shape index (κ1) is 24.6. The maximum Gasteiger partial charge on any atom is 0.228 e. The Bertz CT molecular complexity index is 1240. The van der Waals surface area contributed by atoms with Crippen molar-refractivity contribution in [2.24, 2.45) is 0 Å². The molecule has 178 valence electrons. The Balaban J connectivity index is 1.29. The standard InChI is InChI=1S/C29H26Cl2N2O2/c30-25-12-6-13-26(31)29(25)33-27-14-5-4-11-22(27)20-28(34)32-23-15-17-24(18-16-23)35-19-7-10-21-8-2-1-3-9-21/h1-6,8-9,11-18,33H,7,10,19-20H2,(H,32,34). The van der Waals surface area contributed by atoms with Crippen molar-refractivity contribution in [3.8, 4) is 5.75 Å². The number of benzene rings is 4. The Morgan fingerprint density at radius 2 is 1.46 bits per heavy atom. The summed E-state index contributed by atoms with van der Waals surface area (Å²) in [7, 11) is 0. The number of anilines is 3. The highest BCUT2D eigenvalue weighted by Gasteiger charge is 2.12. The summed E-state index contributed by atoms with van der Waals surface area (Å²) in [5.41, 5.74) is 4.24. The first-order valence-corrected chi connectivity index (χ1v) is 12.2. The van der Waals surface area contributed by atoms with Gasteiger partial charge in [0, 0.05) is 11.4 Å². The van der Waals surface area contributed by atoms with Crippen LogP contribution in [0.1, 0.15) is 17.5 Å². The predicted octanol–water partition coefficient (Wildman–Crippen LogP) is 7.93. The van der Waals surface area contributed by atoms with E-state index in [2.05, 4.69) is 22.8 Å². The normalized spacial score (nSPS) is 10.6. The van der Waals surface area contributed by atoms with Gasteiger partial charge >= 0.3 is 0 Å². The van der Waals surface area contributed by atoms with Gasteiger partial charge in [0.2, 0.25) is 5.91 Å². The molecule has 4 rings (SSSR count). The van der Waals surface area contributed by atoms with Gasteiger partial charge in [-0.1, -0.05) is 77.8 Å². The molecule has 4 aromatic carbocycles. The maximum absolute atomic E-state index is 12.7. The van der Waals surface area contributed by atoms with E-state index < -0.39 is 0 Å². The smallest absolute Gasteiger partial charge is 0.228 e. The molecular formula is C29H26Cl2N2O2. The van der Waals surface area contributed by atoms with Gasteiger partial charge in [-0.15, -0.1) is 0 Å². The Morgan fingerprint density at radius 3 is 2.20 bits per heavy atom. The van der Waals surface area contributed by atoms with Crippen molar-refractivity contribution in [2.75, 3.05) is 17.2 Å². The summed E-state index contributed by atoms with van der Waals surface area (Å²) in [4.78, 5) is 12.7. The maximum atomic E-state index is 12.7. The number of carbonyl (C=O) groups excluding carboxylic acids is 1. The van der Waals surface area contributed by atoms with Crippen molar-refractivity contribution in [3.05, 3.63) is 118 Å². The summed E-state index contributed by atoms with van der Waals surface area (Å²) in [6.07, 6.45) is 2.12. The average molecular weight is 505 g/mol. The van der Waals surface area contributed by atoms with Gasteiger partial charge in [0.1, 0.15) is 5.75 Å². The van der Waals surface area contributed by atoms with E-state index in [1.807, 2.05) is 66.7 Å². The van der Waals surface area contributed by atoms with E-state index >= 15 is 0 Å². The lowest BCUT2D eigenvalue weighted by atomic mass is 10.1. The molecule has 0 unspecified atom stereocenters. The molecule has 0 saturated carbocycles. The second kappa shape index (κ2) is 12.3. The number of aryl methyl sites for hydroxylation is 1. The van der Waals surface area contributed by atoms with Gasteiger partial charge in [0.05, 0.1) is 28.8 Å². The highest BCUT2D eigenvalue weighted by Crippen LogP contribution is 2.33. The van der Waals surface area contributed by atoms with Crippen LogP contribution >= 0.6 is 23.2 Å². The Kier molecular flexibility index (Phi) is 8.66. The minimum Gasteiger partial charge on any atom is -0.494 e. The molecule has 0 radical (unpaired) electrons. The highest BCUT2D eigenvalue weighted by molar-refractivity contribution is 6.39. The number of ether oxygens (including phenoxy) is 1. The molecule has 2 N–H and O–H groups in total. The van der Waals surface area contributed by atoms with Crippen LogP contribution in [0.5, 0.6) is 5.75 Å². The van der Waals surface area contributed by atoms with Crippen LogP contribution in [0.2, 0.25) is 10.0 Å². The molecule has 0 saturated heterocycles. The SMILES string of the molecule is O=C(Cc1ccccc1Nc1c(Cl)cccc1Cl)Nc1ccc(OCCCc2ccccc2)cc1. The lowest BCUT2D eigenvalue weighted by molar-refractivity contribution is -0.115. The van der Waals surface area contributed by atoms with E-state index in [0.29, 0.717) is 28.0 Å². The van der Waals surface area contributed by atoms with Crippen molar-refractivity contribution >= 4 is 46.2 Å². The lowest BCUT2D eigenvalue weighted by Crippen LogP contribution is -2.15. The van der Waals surface area contributed by atoms with Gasteiger partial charge in [-0.25, -0.2) is 0 Å². The third-order valence-electron chi connectivity index (χ3n) is 5.45. The van der Waals surface area contributed by atoms with Crippen molar-refractivity contribution in [1.29, 1.82) is 0 Å². The monoisotopic (exact) mass is 504 g/mol. The van der Waals surface area contributed by atoms with Crippen LogP contribution in [0, 0.1) is 0 Å². The molecule has 0 aromatic heterocycles. The van der Waals surface area contributed by atoms with Crippen molar-refractivity contribution < 1.29 is 9.53 Å². The van der Waals surface area contributed by atoms with Crippen LogP contribution in [0.25, 0.3) is 0 Å². The summed E-state index contributed by atoms with van der Waals surface area (Å²) < 4.78 is 5.83. The second-order valence-corrected chi connectivity index (χ2v) is 8.88. The van der Waals surface area contributed by atoms with Crippen LogP contribution in [0.4, 0.5) is 17.1 Å². The number of halogens is 2. The number of hydrogen-bond donors (Lipinski definition) is 2. The molecule has 4 aromatic rings. The number of rotatable bonds is 10. The third kappa shape index (κ3) is 7.25. The van der Waals surface area contributed by atoms with Crippen molar-refractivity contribution in [1.82, 2.24) is 0 Å². The quantitative estimate of drug-likeness (QED) is 0.215. The average Bonchev–Trinajstić information content (AvgIpc) is 2.87. The molecule has 6 heteroatoms. The van der Waals surface area contributed by atoms with Crippen molar-refractivity contribution in [3.63, 3.8) is 0 Å². The molecule has 0 aliphatic carbocycles. The first-order valence-electron chi connectivity index (χ1n) is 11.4. The van der Waals surface area contributed by atoms with Crippen LogP contribution in [0.15, 0.2) is 97.1 Å². The molecule has 0 bridgehead atoms. The third-order valence-corrected chi connectivity index (χ3v) is 6.08. The largest absolute Gasteiger partial charge is 0.494 e. The molecule has 0 aliphatic rings. The molecule has 0 heterocycles. The summed E-state index contributed by atoms with van der Waals surface area (Å²) in [5.74, 6) is 0.656. The van der Waals surface area contributed by atoms with Crippen LogP contribution in [-0.4, -0.2) is 12.5 Å². The second-order valence-electron chi connectivity index (χ2n) is 8.07. The van der Waals surface area contributed by atoms with Crippen LogP contribution < -0.4 is 15.4 Å². The summed E-state index contributed by atoms with van der Waals surface area (Å²) in [6, 6.07) is 30.7. The topological polar surface area (TPSA) is 50.4 Å². The zero-order valence-electron chi connectivity index (χ0n) is 19.1. The minimum atomic E-state index is -0.124. The van der Waals surface area contributed by atoms with Gasteiger partial charge < -0.3 is 15.4 Å². The zero-order valence-corrected chi connectivity index (χ0v) is 20.7. The van der Waals surface area contributed by atoms with Crippen molar-refractivity contribution in [2.45, 2.75) is 19.3 Å². The van der Waals surface area contributed by atoms with Gasteiger partial charge in [0.25, 0.3) is 0 Å². The van der Waals surface area contributed by atoms with E-state index in [0.717, 1.165) is 29.8 Å². The van der Waals surface area contributed by atoms with Gasteiger partial charge in [-0.2, -0.15) is 0 Å². The Hall–Kier alpha value is -3.47. The molecule has 4 nitrogen and oxygen atoms in total. The summed E-state index contributed by atoms with van der Waals surface area (Å²) >= 11 is 12.6. The predicted molar refractivity (Wildman–Crippen MR) is 145 cm³/mol. The number of carbonyl (C=O) groups is 1. The van der Waals surface area contributed by atoms with Crippen LogP contribution in [0.3, 0.4) is 0 Å². The molecule has 0 atom stereocenters. The Labute approximate surface area is 215 Å². The van der Waals surface area contributed by atoms with E-state index in [-0.39, 0.29) is 12.3 Å². The minimum absolute atomic E-state index is 0.124. The number of amides is 1. The molecule has 0 aliphatic heterocycles. The van der Waals surface area contributed by atoms with Gasteiger partial charge in [-0.05, 0) is 66.4 Å². The van der Waals surface area contributed by atoms with Crippen LogP contribution in [-0.2, 0) is 17.6 Å². The van der Waals surface area contributed by atoms with E-state index in [1.165, 1.54) is 5.56 Å². The fourth-order valence-corrected chi connectivity index (χ4v) is 4.16. The molecule has 0 fully saturated rings. The van der Waals surface area contributed by atoms with E-state index in [1.54, 1.807) is 18.2 Å². The molecule has 0 spiro atoms. The van der Waals surface area contributed by atoms with E-state index in [9.17, 15) is 4.79 Å². The fraction of sp³-hybridized carbons (Fsp3) is 0.138. The lowest BCUT2D eigenvalue weighted by Gasteiger charge is -2.14. The van der Waals surface area contributed by atoms with Gasteiger partial charge in [0.15, 0.2) is 0 Å². The summed E-state index contributed by atoms with van der Waals surface area (Å²) in [5, 5.41) is 7.23. The highest BCUT2D eigenvalue weighted by atomic mass is 35.5. The first-order chi connectivity index (χ1) is 17.1. The number of para-hydroxylation sites is 2. The molecular weight excluding hydrogens is 479 g/mol. The number of nitrogens with one attached hydrogen (secondary N) is 2. The number of hydrogen-bond acceptors (Lipinski definition) is 3. The fourth-order valence-electron chi connectivity index (χ4n) is 3.67. The molecule has 35 heavy (non-hydrogen) atoms. The van der Waals surface area contributed by atoms with Gasteiger partial charge in [-0.3, -0.25) is 4.79 Å². The summed E-state index contributed by atoms with van der Waals surface area (Å²) in [6.45, 7) is 0.639. The Morgan fingerprint density at radius 1 is 0.771 bits per heavy atom. The molecule has 1 amide bonds.